The maximum atomic E-state index is 12.2. The first kappa shape index (κ1) is 17.8. The Balaban J connectivity index is 1.59. The second-order valence-corrected chi connectivity index (χ2v) is 6.76. The molecule has 0 aliphatic carbocycles. The molecule has 0 bridgehead atoms. The van der Waals surface area contributed by atoms with Crippen LogP contribution in [-0.4, -0.2) is 23.3 Å². The first-order chi connectivity index (χ1) is 12.6. The summed E-state index contributed by atoms with van der Waals surface area (Å²) >= 11 is 1.25. The first-order valence-corrected chi connectivity index (χ1v) is 8.92. The molecule has 3 aromatic rings. The fraction of sp³-hybridized carbons (Fsp3) is 0.200. The third-order valence-corrected chi connectivity index (χ3v) is 4.90. The van der Waals surface area contributed by atoms with Crippen molar-refractivity contribution < 1.29 is 14.3 Å². The lowest BCUT2D eigenvalue weighted by Crippen LogP contribution is -2.20. The second-order valence-electron chi connectivity index (χ2n) is 5.87. The SMILES string of the molecule is Cc1csc([C@H](C#N)C(=O)COC(=O)Cc2ccc3ccccc3c2)n1. The van der Waals surface area contributed by atoms with Gasteiger partial charge in [0.25, 0.3) is 0 Å². The average Bonchev–Trinajstić information content (AvgIpc) is 3.06. The fourth-order valence-electron chi connectivity index (χ4n) is 2.57. The molecule has 0 fully saturated rings. The van der Waals surface area contributed by atoms with Crippen molar-refractivity contribution in [2.75, 3.05) is 6.61 Å². The van der Waals surface area contributed by atoms with E-state index in [1.165, 1.54) is 11.3 Å². The molecular weight excluding hydrogens is 348 g/mol. The summed E-state index contributed by atoms with van der Waals surface area (Å²) < 4.78 is 5.07. The van der Waals surface area contributed by atoms with Crippen LogP contribution in [0.15, 0.2) is 47.8 Å². The highest BCUT2D eigenvalue weighted by Gasteiger charge is 2.24. The smallest absolute Gasteiger partial charge is 0.310 e. The molecule has 130 valence electrons. The van der Waals surface area contributed by atoms with Crippen molar-refractivity contribution in [3.05, 3.63) is 64.1 Å². The highest BCUT2D eigenvalue weighted by molar-refractivity contribution is 7.09. The van der Waals surface area contributed by atoms with Crippen molar-refractivity contribution in [2.45, 2.75) is 19.3 Å². The number of nitriles is 1. The van der Waals surface area contributed by atoms with Gasteiger partial charge in [0.15, 0.2) is 18.3 Å². The summed E-state index contributed by atoms with van der Waals surface area (Å²) in [5, 5.41) is 13.6. The third kappa shape index (κ3) is 4.13. The molecule has 0 saturated carbocycles. The number of rotatable bonds is 6. The van der Waals surface area contributed by atoms with Gasteiger partial charge >= 0.3 is 5.97 Å². The Kier molecular flexibility index (Phi) is 5.40. The first-order valence-electron chi connectivity index (χ1n) is 8.04. The molecule has 26 heavy (non-hydrogen) atoms. The Hall–Kier alpha value is -3.04. The number of carbonyl (C=O) groups is 2. The van der Waals surface area contributed by atoms with E-state index in [4.69, 9.17) is 4.74 Å². The summed E-state index contributed by atoms with van der Waals surface area (Å²) in [6.07, 6.45) is 0.0751. The minimum absolute atomic E-state index is 0.0751. The van der Waals surface area contributed by atoms with Gasteiger partial charge in [-0.1, -0.05) is 42.5 Å². The minimum Gasteiger partial charge on any atom is -0.457 e. The third-order valence-electron chi connectivity index (χ3n) is 3.87. The van der Waals surface area contributed by atoms with E-state index in [1.807, 2.05) is 48.5 Å². The van der Waals surface area contributed by atoms with E-state index < -0.39 is 24.3 Å². The molecule has 0 unspecified atom stereocenters. The van der Waals surface area contributed by atoms with E-state index >= 15 is 0 Å². The molecule has 1 heterocycles. The van der Waals surface area contributed by atoms with Gasteiger partial charge in [0.2, 0.25) is 0 Å². The van der Waals surface area contributed by atoms with Gasteiger partial charge in [-0.25, -0.2) is 4.98 Å². The number of fused-ring (bicyclic) bond motifs is 1. The van der Waals surface area contributed by atoms with Gasteiger partial charge < -0.3 is 4.74 Å². The van der Waals surface area contributed by atoms with Crippen LogP contribution in [0.25, 0.3) is 10.8 Å². The van der Waals surface area contributed by atoms with Gasteiger partial charge in [-0.2, -0.15) is 5.26 Å². The fourth-order valence-corrected chi connectivity index (χ4v) is 3.43. The number of esters is 1. The zero-order valence-corrected chi connectivity index (χ0v) is 15.0. The summed E-state index contributed by atoms with van der Waals surface area (Å²) in [5.41, 5.74) is 1.57. The van der Waals surface area contributed by atoms with Crippen LogP contribution in [0, 0.1) is 18.3 Å². The Bertz CT molecular complexity index is 1000. The van der Waals surface area contributed by atoms with Crippen molar-refractivity contribution in [2.24, 2.45) is 0 Å². The van der Waals surface area contributed by atoms with Crippen molar-refractivity contribution in [3.63, 3.8) is 0 Å². The molecule has 0 aliphatic heterocycles. The van der Waals surface area contributed by atoms with Crippen LogP contribution in [-0.2, 0) is 20.7 Å². The molecule has 1 aromatic heterocycles. The second kappa shape index (κ2) is 7.89. The number of carbonyl (C=O) groups excluding carboxylic acids is 2. The van der Waals surface area contributed by atoms with Crippen LogP contribution >= 0.6 is 11.3 Å². The molecule has 3 rings (SSSR count). The molecule has 1 atom stereocenters. The molecule has 0 amide bonds. The van der Waals surface area contributed by atoms with Crippen molar-refractivity contribution in [1.29, 1.82) is 5.26 Å². The number of aryl methyl sites for hydroxylation is 1. The van der Waals surface area contributed by atoms with Crippen LogP contribution in [0.5, 0.6) is 0 Å². The molecule has 0 saturated heterocycles. The Morgan fingerprint density at radius 3 is 2.69 bits per heavy atom. The monoisotopic (exact) mass is 364 g/mol. The lowest BCUT2D eigenvalue weighted by molar-refractivity contribution is -0.147. The van der Waals surface area contributed by atoms with E-state index in [-0.39, 0.29) is 6.42 Å². The van der Waals surface area contributed by atoms with E-state index in [2.05, 4.69) is 4.98 Å². The molecule has 0 spiro atoms. The van der Waals surface area contributed by atoms with E-state index in [0.717, 1.165) is 22.0 Å². The van der Waals surface area contributed by atoms with Crippen molar-refractivity contribution in [3.8, 4) is 6.07 Å². The van der Waals surface area contributed by atoms with Crippen LogP contribution in [0.3, 0.4) is 0 Å². The number of ether oxygens (including phenoxy) is 1. The lowest BCUT2D eigenvalue weighted by Gasteiger charge is -2.07. The molecule has 0 radical (unpaired) electrons. The summed E-state index contributed by atoms with van der Waals surface area (Å²) in [4.78, 5) is 28.4. The van der Waals surface area contributed by atoms with Gasteiger partial charge in [-0.15, -0.1) is 11.3 Å². The molecular formula is C20H16N2O3S. The number of thiazole rings is 1. The molecule has 5 nitrogen and oxygen atoms in total. The van der Waals surface area contributed by atoms with Crippen LogP contribution < -0.4 is 0 Å². The maximum Gasteiger partial charge on any atom is 0.310 e. The van der Waals surface area contributed by atoms with Gasteiger partial charge in [-0.3, -0.25) is 9.59 Å². The highest BCUT2D eigenvalue weighted by atomic mass is 32.1. The van der Waals surface area contributed by atoms with Crippen LogP contribution in [0.4, 0.5) is 0 Å². The number of Topliss-reactive ketones (excluding diaryl/α,β-unsaturated/α-hetero) is 1. The standard InChI is InChI=1S/C20H16N2O3S/c1-13-12-26-20(22-13)17(10-21)18(23)11-25-19(24)9-14-6-7-15-4-2-3-5-16(15)8-14/h2-8,12,17H,9,11H2,1H3/t17-/m1/s1. The molecule has 0 aliphatic rings. The highest BCUT2D eigenvalue weighted by Crippen LogP contribution is 2.21. The van der Waals surface area contributed by atoms with E-state index in [1.54, 1.807) is 12.3 Å². The molecule has 6 heteroatoms. The number of ketones is 1. The predicted molar refractivity (Wildman–Crippen MR) is 98.8 cm³/mol. The number of nitrogens with zero attached hydrogens (tertiary/aromatic N) is 2. The number of aromatic nitrogens is 1. The maximum absolute atomic E-state index is 12.2. The molecule has 0 N–H and O–H groups in total. The minimum atomic E-state index is -0.998. The van der Waals surface area contributed by atoms with Crippen molar-refractivity contribution in [1.82, 2.24) is 4.98 Å². The van der Waals surface area contributed by atoms with Gasteiger partial charge in [-0.05, 0) is 23.3 Å². The van der Waals surface area contributed by atoms with Gasteiger partial charge in [0.05, 0.1) is 12.5 Å². The summed E-state index contributed by atoms with van der Waals surface area (Å²) in [6.45, 7) is 1.37. The van der Waals surface area contributed by atoms with Crippen molar-refractivity contribution >= 4 is 33.9 Å². The van der Waals surface area contributed by atoms with E-state index in [0.29, 0.717) is 5.01 Å². The topological polar surface area (TPSA) is 80.0 Å². The zero-order valence-electron chi connectivity index (χ0n) is 14.1. The Morgan fingerprint density at radius 1 is 1.23 bits per heavy atom. The van der Waals surface area contributed by atoms with Crippen LogP contribution in [0.2, 0.25) is 0 Å². The largest absolute Gasteiger partial charge is 0.457 e. The summed E-state index contributed by atoms with van der Waals surface area (Å²) in [7, 11) is 0. The Morgan fingerprint density at radius 2 is 2.00 bits per heavy atom. The van der Waals surface area contributed by atoms with Gasteiger partial charge in [0, 0.05) is 11.1 Å². The Labute approximate surface area is 154 Å². The van der Waals surface area contributed by atoms with Gasteiger partial charge in [0.1, 0.15) is 5.01 Å². The van der Waals surface area contributed by atoms with E-state index in [9.17, 15) is 14.9 Å². The molecule has 2 aromatic carbocycles. The average molecular weight is 364 g/mol. The van der Waals surface area contributed by atoms with Crippen LogP contribution in [0.1, 0.15) is 22.2 Å². The summed E-state index contributed by atoms with van der Waals surface area (Å²) in [5.74, 6) is -1.96. The number of benzene rings is 2. The number of hydrogen-bond donors (Lipinski definition) is 0. The predicted octanol–water partition coefficient (Wildman–Crippen LogP) is 3.57. The number of hydrogen-bond acceptors (Lipinski definition) is 6. The normalized spacial score (nSPS) is 11.7. The summed E-state index contributed by atoms with van der Waals surface area (Å²) in [6, 6.07) is 15.5. The quantitative estimate of drug-likeness (QED) is 0.625. The zero-order chi connectivity index (χ0) is 18.5. The lowest BCUT2D eigenvalue weighted by atomic mass is 10.1.